The molecule has 1 unspecified atom stereocenters. The third-order valence-electron chi connectivity index (χ3n) is 3.11. The Kier molecular flexibility index (Phi) is 4.33. The number of nitrogens with zero attached hydrogens (tertiary/aromatic N) is 1. The first-order chi connectivity index (χ1) is 9.67. The van der Waals surface area contributed by atoms with Gasteiger partial charge in [-0.25, -0.2) is 4.79 Å². The number of ether oxygens (including phenoxy) is 1. The largest absolute Gasteiger partial charge is 0.390 e. The van der Waals surface area contributed by atoms with Crippen LogP contribution in [-0.2, 0) is 19.0 Å². The van der Waals surface area contributed by atoms with Crippen LogP contribution in [0.4, 0.5) is 0 Å². The quantitative estimate of drug-likeness (QED) is 0.644. The number of aromatic nitrogens is 2. The molecule has 1 aromatic rings. The van der Waals surface area contributed by atoms with E-state index in [4.69, 9.17) is 4.74 Å². The molecule has 2 N–H and O–H groups in total. The Morgan fingerprint density at radius 3 is 2.81 bits per heavy atom. The summed E-state index contributed by atoms with van der Waals surface area (Å²) in [5, 5.41) is 9.85. The maximum Gasteiger partial charge on any atom is 0.330 e. The van der Waals surface area contributed by atoms with E-state index in [-0.39, 0.29) is 13.0 Å². The van der Waals surface area contributed by atoms with Crippen LogP contribution in [0.3, 0.4) is 0 Å². The smallest absolute Gasteiger partial charge is 0.330 e. The average molecular weight is 320 g/mol. The van der Waals surface area contributed by atoms with Crippen LogP contribution in [-0.4, -0.2) is 48.1 Å². The van der Waals surface area contributed by atoms with E-state index in [0.717, 1.165) is 10.8 Å². The molecule has 1 fully saturated rings. The fourth-order valence-electron chi connectivity index (χ4n) is 2.03. The van der Waals surface area contributed by atoms with Gasteiger partial charge in [0, 0.05) is 18.2 Å². The standard InChI is InChI=1S/C11H16N2O7S/c1-6-4-13(11(16)12-10(6)15)9-3-7(14)8(20-9)5-19-21(2,17)18/h4,7-9,14H,3,5H2,1-2H3,(H,12,15,16)/t7-,8?,9-/m1/s1. The summed E-state index contributed by atoms with van der Waals surface area (Å²) >= 11 is 0. The van der Waals surface area contributed by atoms with E-state index in [1.165, 1.54) is 13.1 Å². The fraction of sp³-hybridized carbons (Fsp3) is 0.636. The number of aryl methyl sites for hydroxylation is 1. The van der Waals surface area contributed by atoms with Crippen molar-refractivity contribution < 1.29 is 22.4 Å². The first kappa shape index (κ1) is 15.9. The van der Waals surface area contributed by atoms with Crippen molar-refractivity contribution in [3.63, 3.8) is 0 Å². The van der Waals surface area contributed by atoms with Crippen LogP contribution in [0.15, 0.2) is 15.8 Å². The highest BCUT2D eigenvalue weighted by Gasteiger charge is 2.36. The molecule has 2 heterocycles. The van der Waals surface area contributed by atoms with Gasteiger partial charge in [0.25, 0.3) is 15.7 Å². The molecule has 21 heavy (non-hydrogen) atoms. The molecule has 2 rings (SSSR count). The highest BCUT2D eigenvalue weighted by molar-refractivity contribution is 7.85. The number of aromatic amines is 1. The van der Waals surface area contributed by atoms with Crippen molar-refractivity contribution in [1.82, 2.24) is 9.55 Å². The van der Waals surface area contributed by atoms with Crippen molar-refractivity contribution in [2.24, 2.45) is 0 Å². The van der Waals surface area contributed by atoms with Crippen LogP contribution in [0, 0.1) is 6.92 Å². The van der Waals surface area contributed by atoms with Crippen molar-refractivity contribution >= 4 is 10.1 Å². The molecule has 1 saturated heterocycles. The summed E-state index contributed by atoms with van der Waals surface area (Å²) in [6.45, 7) is 1.19. The molecule has 1 aliphatic heterocycles. The molecular weight excluding hydrogens is 304 g/mol. The number of H-pyrrole nitrogens is 1. The SMILES string of the molecule is Cc1cn([C@H]2C[C@@H](O)C(COS(C)(=O)=O)O2)c(=O)[nH]c1=O. The van der Waals surface area contributed by atoms with Crippen LogP contribution in [0.25, 0.3) is 0 Å². The third-order valence-corrected chi connectivity index (χ3v) is 3.67. The van der Waals surface area contributed by atoms with Crippen LogP contribution >= 0.6 is 0 Å². The third kappa shape index (κ3) is 3.79. The molecule has 0 aromatic carbocycles. The van der Waals surface area contributed by atoms with Gasteiger partial charge in [-0.1, -0.05) is 0 Å². The molecule has 1 aromatic heterocycles. The molecule has 9 nitrogen and oxygen atoms in total. The summed E-state index contributed by atoms with van der Waals surface area (Å²) in [4.78, 5) is 25.2. The molecule has 3 atom stereocenters. The minimum atomic E-state index is -3.64. The second kappa shape index (κ2) is 5.72. The molecule has 0 spiro atoms. The van der Waals surface area contributed by atoms with E-state index in [1.807, 2.05) is 0 Å². The molecule has 0 amide bonds. The first-order valence-electron chi connectivity index (χ1n) is 6.17. The Balaban J connectivity index is 2.16. The Hall–Kier alpha value is -1.49. The number of rotatable bonds is 4. The fourth-order valence-corrected chi connectivity index (χ4v) is 2.41. The Morgan fingerprint density at radius 1 is 1.52 bits per heavy atom. The monoisotopic (exact) mass is 320 g/mol. The second-order valence-electron chi connectivity index (χ2n) is 4.90. The van der Waals surface area contributed by atoms with Gasteiger partial charge in [0.2, 0.25) is 0 Å². The molecular formula is C11H16N2O7S. The number of aliphatic hydroxyl groups excluding tert-OH is 1. The summed E-state index contributed by atoms with van der Waals surface area (Å²) in [5.41, 5.74) is -0.831. The molecule has 0 radical (unpaired) electrons. The van der Waals surface area contributed by atoms with Gasteiger partial charge >= 0.3 is 5.69 Å². The van der Waals surface area contributed by atoms with E-state index in [0.29, 0.717) is 5.56 Å². The van der Waals surface area contributed by atoms with Crippen molar-refractivity contribution in [2.45, 2.75) is 31.8 Å². The minimum Gasteiger partial charge on any atom is -0.390 e. The summed E-state index contributed by atoms with van der Waals surface area (Å²) in [5.74, 6) is 0. The number of aliphatic hydroxyl groups is 1. The van der Waals surface area contributed by atoms with Gasteiger partial charge < -0.3 is 9.84 Å². The number of hydrogen-bond acceptors (Lipinski definition) is 7. The van der Waals surface area contributed by atoms with Crippen molar-refractivity contribution in [2.75, 3.05) is 12.9 Å². The van der Waals surface area contributed by atoms with Gasteiger partial charge in [-0.2, -0.15) is 8.42 Å². The van der Waals surface area contributed by atoms with Gasteiger partial charge in [0.05, 0.1) is 19.0 Å². The Labute approximate surface area is 120 Å². The lowest BCUT2D eigenvalue weighted by atomic mass is 10.2. The zero-order valence-corrected chi connectivity index (χ0v) is 12.3. The molecule has 1 aliphatic rings. The van der Waals surface area contributed by atoms with Crippen LogP contribution in [0.1, 0.15) is 18.2 Å². The Morgan fingerprint density at radius 2 is 2.19 bits per heavy atom. The average Bonchev–Trinajstić information content (AvgIpc) is 2.72. The van der Waals surface area contributed by atoms with E-state index >= 15 is 0 Å². The normalized spacial score (nSPS) is 26.1. The zero-order valence-electron chi connectivity index (χ0n) is 11.5. The molecule has 10 heteroatoms. The Bertz CT molecular complexity index is 736. The molecule has 0 saturated carbocycles. The van der Waals surface area contributed by atoms with E-state index in [9.17, 15) is 23.1 Å². The van der Waals surface area contributed by atoms with Crippen LogP contribution < -0.4 is 11.2 Å². The summed E-state index contributed by atoms with van der Waals surface area (Å²) in [6.07, 6.45) is -0.334. The second-order valence-corrected chi connectivity index (χ2v) is 6.54. The maximum absolute atomic E-state index is 11.7. The predicted molar refractivity (Wildman–Crippen MR) is 71.4 cm³/mol. The number of nitrogens with one attached hydrogen (secondary N) is 1. The van der Waals surface area contributed by atoms with E-state index in [1.54, 1.807) is 0 Å². The lowest BCUT2D eigenvalue weighted by Gasteiger charge is -2.15. The topological polar surface area (TPSA) is 128 Å². The van der Waals surface area contributed by atoms with Crippen molar-refractivity contribution in [1.29, 1.82) is 0 Å². The summed E-state index contributed by atoms with van der Waals surface area (Å²) in [7, 11) is -3.64. The number of hydrogen-bond donors (Lipinski definition) is 2. The van der Waals surface area contributed by atoms with Crippen molar-refractivity contribution in [3.05, 3.63) is 32.6 Å². The highest BCUT2D eigenvalue weighted by Crippen LogP contribution is 2.27. The first-order valence-corrected chi connectivity index (χ1v) is 7.99. The van der Waals surface area contributed by atoms with Gasteiger partial charge in [0.15, 0.2) is 0 Å². The van der Waals surface area contributed by atoms with E-state index in [2.05, 4.69) is 9.17 Å². The lowest BCUT2D eigenvalue weighted by Crippen LogP contribution is -2.33. The van der Waals surface area contributed by atoms with Crippen LogP contribution in [0.5, 0.6) is 0 Å². The van der Waals surface area contributed by atoms with Crippen LogP contribution in [0.2, 0.25) is 0 Å². The molecule has 0 bridgehead atoms. The lowest BCUT2D eigenvalue weighted by molar-refractivity contribution is -0.0398. The summed E-state index contributed by atoms with van der Waals surface area (Å²) < 4.78 is 33.0. The molecule has 0 aliphatic carbocycles. The van der Waals surface area contributed by atoms with Gasteiger partial charge in [-0.15, -0.1) is 0 Å². The van der Waals surface area contributed by atoms with Gasteiger partial charge in [-0.3, -0.25) is 18.5 Å². The van der Waals surface area contributed by atoms with Gasteiger partial charge in [-0.05, 0) is 6.92 Å². The zero-order chi connectivity index (χ0) is 15.8. The molecule has 118 valence electrons. The highest BCUT2D eigenvalue weighted by atomic mass is 32.2. The summed E-state index contributed by atoms with van der Waals surface area (Å²) in [6, 6.07) is 0. The minimum absolute atomic E-state index is 0.0865. The van der Waals surface area contributed by atoms with Gasteiger partial charge in [0.1, 0.15) is 12.3 Å². The maximum atomic E-state index is 11.7. The van der Waals surface area contributed by atoms with Crippen molar-refractivity contribution in [3.8, 4) is 0 Å². The van der Waals surface area contributed by atoms with E-state index < -0.39 is 39.8 Å². The predicted octanol–water partition coefficient (Wildman–Crippen LogP) is -1.53.